The van der Waals surface area contributed by atoms with Crippen LogP contribution in [-0.4, -0.2) is 26.1 Å². The molecule has 0 saturated heterocycles. The molecule has 1 aliphatic carbocycles. The first-order chi connectivity index (χ1) is 11.6. The molecule has 0 radical (unpaired) electrons. The van der Waals surface area contributed by atoms with Crippen LogP contribution in [-0.2, 0) is 6.42 Å². The van der Waals surface area contributed by atoms with Gasteiger partial charge in [0, 0.05) is 17.6 Å². The quantitative estimate of drug-likeness (QED) is 0.907. The molecule has 0 bridgehead atoms. The number of ether oxygens (including phenoxy) is 1. The fraction of sp³-hybridized carbons (Fsp3) is 0.316. The lowest BCUT2D eigenvalue weighted by Crippen LogP contribution is -2.30. The number of fused-ring (bicyclic) bond motifs is 2. The van der Waals surface area contributed by atoms with Gasteiger partial charge >= 0.3 is 0 Å². The van der Waals surface area contributed by atoms with E-state index in [1.54, 1.807) is 0 Å². The lowest BCUT2D eigenvalue weighted by Gasteiger charge is -2.28. The van der Waals surface area contributed by atoms with E-state index < -0.39 is 0 Å². The van der Waals surface area contributed by atoms with E-state index in [4.69, 9.17) is 16.3 Å². The minimum Gasteiger partial charge on any atom is -0.490 e. The highest BCUT2D eigenvalue weighted by atomic mass is 35.5. The van der Waals surface area contributed by atoms with Crippen LogP contribution in [0.25, 0.3) is 0 Å². The largest absolute Gasteiger partial charge is 0.490 e. The third-order valence-electron chi connectivity index (χ3n) is 4.81. The van der Waals surface area contributed by atoms with E-state index in [0.717, 1.165) is 36.4 Å². The van der Waals surface area contributed by atoms with E-state index in [1.807, 2.05) is 37.4 Å². The Bertz CT molecular complexity index is 806. The van der Waals surface area contributed by atoms with Gasteiger partial charge in [0.05, 0.1) is 18.3 Å². The van der Waals surface area contributed by atoms with Crippen molar-refractivity contribution in [1.82, 2.24) is 5.32 Å². The Kier molecular flexibility index (Phi) is 3.85. The molecule has 1 unspecified atom stereocenters. The summed E-state index contributed by atoms with van der Waals surface area (Å²) in [7, 11) is 2.01. The average molecular weight is 343 g/mol. The number of halogens is 1. The van der Waals surface area contributed by atoms with Gasteiger partial charge in [-0.2, -0.15) is 0 Å². The number of hydrogen-bond donors (Lipinski definition) is 1. The molecule has 4 nitrogen and oxygen atoms in total. The lowest BCUT2D eigenvalue weighted by atomic mass is 10.1. The van der Waals surface area contributed by atoms with Gasteiger partial charge < -0.3 is 15.0 Å². The van der Waals surface area contributed by atoms with Crippen molar-refractivity contribution >= 4 is 23.2 Å². The topological polar surface area (TPSA) is 41.6 Å². The molecule has 5 heteroatoms. The highest BCUT2D eigenvalue weighted by molar-refractivity contribution is 6.30. The maximum atomic E-state index is 12.7. The first-order valence-electron chi connectivity index (χ1n) is 8.19. The second-order valence-corrected chi connectivity index (χ2v) is 6.80. The van der Waals surface area contributed by atoms with Crippen molar-refractivity contribution in [2.24, 2.45) is 0 Å². The highest BCUT2D eigenvalue weighted by Gasteiger charge is 2.25. The maximum absolute atomic E-state index is 12.7. The minimum atomic E-state index is -0.0606. The van der Waals surface area contributed by atoms with Gasteiger partial charge in [0.25, 0.3) is 5.91 Å². The van der Waals surface area contributed by atoms with Crippen LogP contribution in [0.15, 0.2) is 36.4 Å². The predicted octanol–water partition coefficient (Wildman–Crippen LogP) is 3.59. The summed E-state index contributed by atoms with van der Waals surface area (Å²) in [5.41, 5.74) is 4.02. The van der Waals surface area contributed by atoms with E-state index in [0.29, 0.717) is 17.2 Å². The van der Waals surface area contributed by atoms with Gasteiger partial charge in [-0.3, -0.25) is 4.79 Å². The van der Waals surface area contributed by atoms with Crippen LogP contribution >= 0.6 is 11.6 Å². The smallest absolute Gasteiger partial charge is 0.251 e. The Balaban J connectivity index is 1.56. The van der Waals surface area contributed by atoms with Crippen molar-refractivity contribution in [2.45, 2.75) is 18.9 Å². The first kappa shape index (κ1) is 15.3. The summed E-state index contributed by atoms with van der Waals surface area (Å²) in [5, 5.41) is 3.85. The van der Waals surface area contributed by atoms with Crippen molar-refractivity contribution in [1.29, 1.82) is 0 Å². The molecule has 1 aliphatic heterocycles. The first-order valence-corrected chi connectivity index (χ1v) is 8.57. The third-order valence-corrected chi connectivity index (χ3v) is 5.04. The number of likely N-dealkylation sites (N-methyl/N-ethyl adjacent to an activating group) is 1. The molecule has 2 aliphatic rings. The molecule has 124 valence electrons. The molecule has 0 fully saturated rings. The number of benzene rings is 2. The van der Waals surface area contributed by atoms with E-state index in [1.165, 1.54) is 5.56 Å². The van der Waals surface area contributed by atoms with Crippen molar-refractivity contribution in [2.75, 3.05) is 25.1 Å². The van der Waals surface area contributed by atoms with Crippen LogP contribution < -0.4 is 15.0 Å². The van der Waals surface area contributed by atoms with Crippen LogP contribution in [0.1, 0.15) is 33.9 Å². The summed E-state index contributed by atoms with van der Waals surface area (Å²) in [5.74, 6) is 0.771. The van der Waals surface area contributed by atoms with E-state index in [9.17, 15) is 4.79 Å². The number of nitrogens with one attached hydrogen (secondary N) is 1. The second-order valence-electron chi connectivity index (χ2n) is 6.36. The predicted molar refractivity (Wildman–Crippen MR) is 95.2 cm³/mol. The molecule has 0 spiro atoms. The Morgan fingerprint density at radius 2 is 2.17 bits per heavy atom. The van der Waals surface area contributed by atoms with E-state index in [-0.39, 0.29) is 11.9 Å². The summed E-state index contributed by atoms with van der Waals surface area (Å²) in [4.78, 5) is 14.8. The number of carbonyl (C=O) groups excluding carboxylic acids is 1. The van der Waals surface area contributed by atoms with Gasteiger partial charge in [-0.1, -0.05) is 17.7 Å². The number of carbonyl (C=O) groups is 1. The average Bonchev–Trinajstić information content (AvgIpc) is 2.97. The fourth-order valence-corrected chi connectivity index (χ4v) is 3.64. The van der Waals surface area contributed by atoms with Crippen LogP contribution in [0.5, 0.6) is 5.75 Å². The zero-order valence-corrected chi connectivity index (χ0v) is 14.3. The molecule has 0 aromatic heterocycles. The normalized spacial score (nSPS) is 18.6. The minimum absolute atomic E-state index is 0.0243. The Morgan fingerprint density at radius 3 is 3.04 bits per heavy atom. The SMILES string of the molecule is CN1CCOc2ccc(C(=O)NC3CCc4ccc(Cl)cc43)cc21. The molecule has 2 aromatic carbocycles. The van der Waals surface area contributed by atoms with Gasteiger partial charge in [-0.05, 0) is 54.3 Å². The lowest BCUT2D eigenvalue weighted by molar-refractivity contribution is 0.0936. The van der Waals surface area contributed by atoms with Crippen LogP contribution in [0, 0.1) is 0 Å². The Labute approximate surface area is 146 Å². The zero-order chi connectivity index (χ0) is 16.7. The second kappa shape index (κ2) is 6.02. The molecule has 1 amide bonds. The summed E-state index contributed by atoms with van der Waals surface area (Å²) in [6, 6.07) is 11.5. The van der Waals surface area contributed by atoms with Crippen LogP contribution in [0.3, 0.4) is 0 Å². The highest BCUT2D eigenvalue weighted by Crippen LogP contribution is 2.34. The molecule has 0 saturated carbocycles. The number of hydrogen-bond acceptors (Lipinski definition) is 3. The molecule has 1 atom stereocenters. The molecule has 2 aromatic rings. The summed E-state index contributed by atoms with van der Waals surface area (Å²) < 4.78 is 5.63. The van der Waals surface area contributed by atoms with Gasteiger partial charge in [0.2, 0.25) is 0 Å². The Morgan fingerprint density at radius 1 is 1.29 bits per heavy atom. The van der Waals surface area contributed by atoms with E-state index >= 15 is 0 Å². The van der Waals surface area contributed by atoms with E-state index in [2.05, 4.69) is 16.3 Å². The van der Waals surface area contributed by atoms with Gasteiger partial charge in [0.15, 0.2) is 0 Å². The third kappa shape index (κ3) is 2.71. The zero-order valence-electron chi connectivity index (χ0n) is 13.5. The molecule has 24 heavy (non-hydrogen) atoms. The summed E-state index contributed by atoms with van der Waals surface area (Å²) in [6.45, 7) is 1.50. The standard InChI is InChI=1S/C19H19ClN2O2/c1-22-8-9-24-18-7-4-13(10-17(18)22)19(23)21-16-6-3-12-2-5-14(20)11-15(12)16/h2,4-5,7,10-11,16H,3,6,8-9H2,1H3,(H,21,23). The molecule has 4 rings (SSSR count). The number of rotatable bonds is 2. The van der Waals surface area contributed by atoms with Crippen LogP contribution in [0.4, 0.5) is 5.69 Å². The number of anilines is 1. The van der Waals surface area contributed by atoms with Crippen LogP contribution in [0.2, 0.25) is 5.02 Å². The molecular weight excluding hydrogens is 324 g/mol. The number of nitrogens with zero attached hydrogens (tertiary/aromatic N) is 1. The van der Waals surface area contributed by atoms with Crippen molar-refractivity contribution in [3.63, 3.8) is 0 Å². The molecule has 1 N–H and O–H groups in total. The molecule has 1 heterocycles. The molecular formula is C19H19ClN2O2. The van der Waals surface area contributed by atoms with Gasteiger partial charge in [0.1, 0.15) is 12.4 Å². The number of aryl methyl sites for hydroxylation is 1. The summed E-state index contributed by atoms with van der Waals surface area (Å²) >= 11 is 6.11. The number of amides is 1. The van der Waals surface area contributed by atoms with Crippen molar-refractivity contribution in [3.05, 3.63) is 58.1 Å². The Hall–Kier alpha value is -2.20. The monoisotopic (exact) mass is 342 g/mol. The van der Waals surface area contributed by atoms with Crippen molar-refractivity contribution < 1.29 is 9.53 Å². The maximum Gasteiger partial charge on any atom is 0.251 e. The van der Waals surface area contributed by atoms with Gasteiger partial charge in [-0.15, -0.1) is 0 Å². The van der Waals surface area contributed by atoms with Crippen molar-refractivity contribution in [3.8, 4) is 5.75 Å². The summed E-state index contributed by atoms with van der Waals surface area (Å²) in [6.07, 6.45) is 1.88. The fourth-order valence-electron chi connectivity index (χ4n) is 3.46. The van der Waals surface area contributed by atoms with Gasteiger partial charge in [-0.25, -0.2) is 0 Å².